The van der Waals surface area contributed by atoms with Gasteiger partial charge in [-0.25, -0.2) is 4.99 Å². The van der Waals surface area contributed by atoms with Crippen molar-refractivity contribution in [3.63, 3.8) is 0 Å². The van der Waals surface area contributed by atoms with E-state index in [4.69, 9.17) is 17.3 Å². The Hall–Kier alpha value is -2.95. The van der Waals surface area contributed by atoms with E-state index in [0.29, 0.717) is 0 Å². The van der Waals surface area contributed by atoms with E-state index in [2.05, 4.69) is 4.99 Å². The first-order valence-corrected chi connectivity index (χ1v) is 9.23. The van der Waals surface area contributed by atoms with Crippen LogP contribution in [0.25, 0.3) is 0 Å². The number of aromatic hydroxyl groups is 2. The van der Waals surface area contributed by atoms with E-state index in [9.17, 15) is 32.8 Å². The molecule has 1 aliphatic carbocycles. The molecular formula is C16H11ClN2O7S. The Kier molecular flexibility index (Phi) is 4.42. The summed E-state index contributed by atoms with van der Waals surface area (Å²) >= 11 is 5.54. The van der Waals surface area contributed by atoms with Crippen molar-refractivity contribution in [1.82, 2.24) is 0 Å². The van der Waals surface area contributed by atoms with Crippen molar-refractivity contribution in [3.8, 4) is 11.5 Å². The summed E-state index contributed by atoms with van der Waals surface area (Å²) < 4.78 is 32.6. The fraction of sp³-hybridized carbons (Fsp3) is 0.0625. The van der Waals surface area contributed by atoms with Gasteiger partial charge in [-0.05, 0) is 0 Å². The molecule has 0 radical (unpaired) electrons. The molecule has 11 heteroatoms. The molecule has 5 N–H and O–H groups in total. The predicted molar refractivity (Wildman–Crippen MR) is 94.9 cm³/mol. The minimum Gasteiger partial charge on any atom is -0.506 e. The Bertz CT molecular complexity index is 1160. The van der Waals surface area contributed by atoms with Crippen LogP contribution in [-0.4, -0.2) is 46.5 Å². The quantitative estimate of drug-likeness (QED) is 0.217. The van der Waals surface area contributed by atoms with Crippen LogP contribution in [-0.2, 0) is 10.1 Å². The summed E-state index contributed by atoms with van der Waals surface area (Å²) in [5.74, 6) is -4.82. The molecule has 0 heterocycles. The number of hydrogen-bond donors (Lipinski definition) is 4. The number of carbonyl (C=O) groups is 2. The summed E-state index contributed by atoms with van der Waals surface area (Å²) in [4.78, 5) is 28.0. The summed E-state index contributed by atoms with van der Waals surface area (Å²) in [5, 5.41) is 20.6. The second-order valence-corrected chi connectivity index (χ2v) is 7.17. The monoisotopic (exact) mass is 410 g/mol. The SMILES string of the molecule is NC(CCl)=Nc1c(O)c(S(=O)(=O)O)c(O)c2c1C(=O)c1ccccc1C2=O. The molecule has 0 fully saturated rings. The van der Waals surface area contributed by atoms with Gasteiger partial charge in [0.2, 0.25) is 0 Å². The summed E-state index contributed by atoms with van der Waals surface area (Å²) in [6, 6.07) is 5.63. The van der Waals surface area contributed by atoms with Crippen molar-refractivity contribution < 1.29 is 32.8 Å². The largest absolute Gasteiger partial charge is 0.506 e. The number of hydrogen-bond acceptors (Lipinski definition) is 7. The molecule has 140 valence electrons. The molecule has 0 spiro atoms. The highest BCUT2D eigenvalue weighted by atomic mass is 35.5. The van der Waals surface area contributed by atoms with Gasteiger partial charge in [-0.3, -0.25) is 14.1 Å². The van der Waals surface area contributed by atoms with E-state index in [1.54, 1.807) is 0 Å². The summed E-state index contributed by atoms with van der Waals surface area (Å²) in [6.07, 6.45) is 0. The highest BCUT2D eigenvalue weighted by molar-refractivity contribution is 7.86. The topological polar surface area (TPSA) is 167 Å². The molecule has 0 bridgehead atoms. The number of halogens is 1. The standard InChI is InChI=1S/C16H11ClN2O7S/c17-5-8(18)19-11-9-10(14(22)16(15(11)23)27(24,25)26)13(21)7-4-2-1-3-6(7)12(9)20/h1-4,22-23H,5H2,(H2,18,19)(H,24,25,26). The zero-order valence-electron chi connectivity index (χ0n) is 13.3. The summed E-state index contributed by atoms with van der Waals surface area (Å²) in [5.41, 5.74) is 3.44. The second-order valence-electron chi connectivity index (χ2n) is 5.54. The number of fused-ring (bicyclic) bond motifs is 2. The molecule has 0 unspecified atom stereocenters. The molecule has 27 heavy (non-hydrogen) atoms. The average molecular weight is 411 g/mol. The number of nitrogens with two attached hydrogens (primary N) is 1. The maximum atomic E-state index is 12.9. The van der Waals surface area contributed by atoms with Crippen LogP contribution in [0.5, 0.6) is 11.5 Å². The van der Waals surface area contributed by atoms with Crippen molar-refractivity contribution in [1.29, 1.82) is 0 Å². The van der Waals surface area contributed by atoms with Gasteiger partial charge >= 0.3 is 10.1 Å². The van der Waals surface area contributed by atoms with Crippen LogP contribution in [0.1, 0.15) is 31.8 Å². The minimum absolute atomic E-state index is 0.0331. The number of benzene rings is 2. The van der Waals surface area contributed by atoms with E-state index in [-0.39, 0.29) is 22.8 Å². The Balaban J connectivity index is 2.54. The molecule has 0 aliphatic heterocycles. The van der Waals surface area contributed by atoms with E-state index < -0.39 is 54.9 Å². The highest BCUT2D eigenvalue weighted by Gasteiger charge is 2.40. The fourth-order valence-electron chi connectivity index (χ4n) is 2.81. The van der Waals surface area contributed by atoms with Gasteiger partial charge in [-0.15, -0.1) is 11.6 Å². The predicted octanol–water partition coefficient (Wildman–Crippen LogP) is 1.35. The van der Waals surface area contributed by atoms with E-state index in [1.807, 2.05) is 0 Å². The molecule has 0 amide bonds. The van der Waals surface area contributed by atoms with Crippen LogP contribution in [0.15, 0.2) is 34.2 Å². The van der Waals surface area contributed by atoms with Crippen molar-refractivity contribution in [2.45, 2.75) is 4.90 Å². The number of phenolic OH excluding ortho intramolecular Hbond substituents is 2. The smallest absolute Gasteiger partial charge is 0.302 e. The average Bonchev–Trinajstić information content (AvgIpc) is 2.60. The van der Waals surface area contributed by atoms with Crippen molar-refractivity contribution in [2.75, 3.05) is 5.88 Å². The molecule has 0 atom stereocenters. The maximum absolute atomic E-state index is 12.9. The number of amidine groups is 1. The zero-order chi connectivity index (χ0) is 20.1. The zero-order valence-corrected chi connectivity index (χ0v) is 14.9. The number of phenols is 2. The maximum Gasteiger partial charge on any atom is 0.302 e. The minimum atomic E-state index is -5.19. The van der Waals surface area contributed by atoms with Crippen LogP contribution in [0.4, 0.5) is 5.69 Å². The molecule has 2 aromatic rings. The Labute approximate surface area is 157 Å². The van der Waals surface area contributed by atoms with Crippen LogP contribution in [0.2, 0.25) is 0 Å². The van der Waals surface area contributed by atoms with E-state index in [1.165, 1.54) is 24.3 Å². The third kappa shape index (κ3) is 2.83. The molecule has 0 saturated heterocycles. The normalized spacial score (nSPS) is 14.1. The molecule has 0 saturated carbocycles. The van der Waals surface area contributed by atoms with Gasteiger partial charge < -0.3 is 15.9 Å². The number of nitrogens with zero attached hydrogens (tertiary/aromatic N) is 1. The first kappa shape index (κ1) is 18.8. The lowest BCUT2D eigenvalue weighted by Crippen LogP contribution is -2.23. The van der Waals surface area contributed by atoms with E-state index >= 15 is 0 Å². The van der Waals surface area contributed by atoms with Gasteiger partial charge in [0.25, 0.3) is 0 Å². The van der Waals surface area contributed by atoms with Crippen molar-refractivity contribution in [2.24, 2.45) is 10.7 Å². The third-order valence-corrected chi connectivity index (χ3v) is 5.08. The Morgan fingerprint density at radius 1 is 1.04 bits per heavy atom. The van der Waals surface area contributed by atoms with Gasteiger partial charge in [-0.2, -0.15) is 8.42 Å². The van der Waals surface area contributed by atoms with Crippen molar-refractivity contribution in [3.05, 3.63) is 46.5 Å². The van der Waals surface area contributed by atoms with Crippen LogP contribution in [0.3, 0.4) is 0 Å². The first-order chi connectivity index (χ1) is 12.6. The molecular weight excluding hydrogens is 400 g/mol. The number of rotatable bonds is 3. The highest BCUT2D eigenvalue weighted by Crippen LogP contribution is 2.48. The Morgan fingerprint density at radius 2 is 1.56 bits per heavy atom. The second kappa shape index (κ2) is 6.34. The number of alkyl halides is 1. The lowest BCUT2D eigenvalue weighted by molar-refractivity contribution is 0.0976. The third-order valence-electron chi connectivity index (χ3n) is 3.90. The fourth-order valence-corrected chi connectivity index (χ4v) is 3.55. The van der Waals surface area contributed by atoms with E-state index in [0.717, 1.165) is 0 Å². The van der Waals surface area contributed by atoms with Crippen LogP contribution >= 0.6 is 11.6 Å². The van der Waals surface area contributed by atoms with Gasteiger partial charge in [0.1, 0.15) is 11.5 Å². The van der Waals surface area contributed by atoms with Crippen LogP contribution < -0.4 is 5.73 Å². The Morgan fingerprint density at radius 3 is 2.04 bits per heavy atom. The molecule has 9 nitrogen and oxygen atoms in total. The molecule has 1 aliphatic rings. The van der Waals surface area contributed by atoms with Gasteiger partial charge in [0, 0.05) is 11.1 Å². The number of aliphatic imine (C=N–C) groups is 1. The van der Waals surface area contributed by atoms with Gasteiger partial charge in [0.15, 0.2) is 28.0 Å². The van der Waals surface area contributed by atoms with Gasteiger partial charge in [-0.1, -0.05) is 24.3 Å². The van der Waals surface area contributed by atoms with Crippen LogP contribution in [0, 0.1) is 0 Å². The molecule has 2 aromatic carbocycles. The summed E-state index contributed by atoms with van der Waals surface area (Å²) in [7, 11) is -5.19. The van der Waals surface area contributed by atoms with Gasteiger partial charge in [0.05, 0.1) is 17.0 Å². The lowest BCUT2D eigenvalue weighted by atomic mass is 9.82. The lowest BCUT2D eigenvalue weighted by Gasteiger charge is -2.22. The number of ketones is 2. The molecule has 0 aromatic heterocycles. The first-order valence-electron chi connectivity index (χ1n) is 7.26. The van der Waals surface area contributed by atoms with Crippen molar-refractivity contribution >= 4 is 44.8 Å². The molecule has 3 rings (SSSR count). The number of carbonyl (C=O) groups excluding carboxylic acids is 2. The summed E-state index contributed by atoms with van der Waals surface area (Å²) in [6.45, 7) is 0.